The Labute approximate surface area is 94.5 Å². The second-order valence-corrected chi connectivity index (χ2v) is 4.47. The summed E-state index contributed by atoms with van der Waals surface area (Å²) in [6, 6.07) is 4.61. The molecule has 0 spiro atoms. The van der Waals surface area contributed by atoms with Crippen molar-refractivity contribution >= 4 is 21.7 Å². The Morgan fingerprint density at radius 1 is 1.43 bits per heavy atom. The molecule has 0 saturated heterocycles. The lowest BCUT2D eigenvalue weighted by molar-refractivity contribution is 0.692. The third-order valence-electron chi connectivity index (χ3n) is 2.26. The molecule has 0 saturated carbocycles. The topological polar surface area (TPSA) is 16.1 Å². The summed E-state index contributed by atoms with van der Waals surface area (Å²) in [6.45, 7) is 9.53. The average Bonchev–Trinajstić information content (AvgIpc) is 2.11. The van der Waals surface area contributed by atoms with Gasteiger partial charge in [-0.2, -0.15) is 0 Å². The Morgan fingerprint density at radius 3 is 2.50 bits per heavy atom. The number of anilines is 1. The van der Waals surface area contributed by atoms with E-state index in [-0.39, 0.29) is 0 Å². The van der Waals surface area contributed by atoms with Gasteiger partial charge in [0.1, 0.15) is 5.82 Å². The van der Waals surface area contributed by atoms with Crippen molar-refractivity contribution in [2.45, 2.75) is 33.7 Å². The molecule has 1 aromatic rings. The number of halogens is 1. The Morgan fingerprint density at radius 2 is 2.07 bits per heavy atom. The van der Waals surface area contributed by atoms with Crippen molar-refractivity contribution in [2.75, 3.05) is 11.4 Å². The van der Waals surface area contributed by atoms with Crippen LogP contribution in [0.4, 0.5) is 5.82 Å². The maximum absolute atomic E-state index is 4.54. The van der Waals surface area contributed by atoms with E-state index < -0.39 is 0 Å². The van der Waals surface area contributed by atoms with E-state index in [9.17, 15) is 0 Å². The highest BCUT2D eigenvalue weighted by Gasteiger charge is 2.10. The molecule has 0 radical (unpaired) electrons. The smallest absolute Gasteiger partial charge is 0.129 e. The monoisotopic (exact) mass is 256 g/mol. The third-order valence-corrected chi connectivity index (χ3v) is 3.10. The second-order valence-electron chi connectivity index (χ2n) is 3.62. The van der Waals surface area contributed by atoms with Crippen LogP contribution in [0.1, 0.15) is 26.5 Å². The number of pyridine rings is 1. The summed E-state index contributed by atoms with van der Waals surface area (Å²) in [5.41, 5.74) is 1.04. The van der Waals surface area contributed by atoms with Crippen LogP contribution in [0.2, 0.25) is 0 Å². The number of nitrogens with zero attached hydrogens (tertiary/aromatic N) is 2. The average molecular weight is 257 g/mol. The zero-order valence-corrected chi connectivity index (χ0v) is 10.8. The lowest BCUT2D eigenvalue weighted by Crippen LogP contribution is -2.31. The van der Waals surface area contributed by atoms with Gasteiger partial charge in [-0.3, -0.25) is 0 Å². The van der Waals surface area contributed by atoms with Gasteiger partial charge in [0.2, 0.25) is 0 Å². The molecule has 0 aliphatic heterocycles. The summed E-state index contributed by atoms with van der Waals surface area (Å²) in [5, 5.41) is 0. The summed E-state index contributed by atoms with van der Waals surface area (Å²) in [7, 11) is 0. The Balaban J connectivity index is 3.00. The predicted octanol–water partition coefficient (Wildman–Crippen LogP) is 3.39. The molecule has 3 heteroatoms. The largest absolute Gasteiger partial charge is 0.354 e. The maximum Gasteiger partial charge on any atom is 0.129 e. The van der Waals surface area contributed by atoms with Gasteiger partial charge in [-0.25, -0.2) is 4.98 Å². The fourth-order valence-corrected chi connectivity index (χ4v) is 1.70. The van der Waals surface area contributed by atoms with Crippen LogP contribution in [-0.2, 0) is 0 Å². The van der Waals surface area contributed by atoms with E-state index in [0.29, 0.717) is 6.04 Å². The van der Waals surface area contributed by atoms with E-state index in [1.54, 1.807) is 0 Å². The van der Waals surface area contributed by atoms with Gasteiger partial charge in [-0.15, -0.1) is 0 Å². The second kappa shape index (κ2) is 4.78. The first-order valence-electron chi connectivity index (χ1n) is 4.96. The van der Waals surface area contributed by atoms with E-state index in [1.165, 1.54) is 0 Å². The van der Waals surface area contributed by atoms with Crippen LogP contribution in [-0.4, -0.2) is 17.6 Å². The van der Waals surface area contributed by atoms with E-state index in [0.717, 1.165) is 22.5 Å². The maximum atomic E-state index is 4.54. The first-order valence-corrected chi connectivity index (χ1v) is 5.75. The van der Waals surface area contributed by atoms with Crippen LogP contribution in [0.25, 0.3) is 0 Å². The van der Waals surface area contributed by atoms with Crippen LogP contribution < -0.4 is 4.90 Å². The van der Waals surface area contributed by atoms with Crippen molar-refractivity contribution in [3.8, 4) is 0 Å². The van der Waals surface area contributed by atoms with Crippen molar-refractivity contribution in [3.63, 3.8) is 0 Å². The van der Waals surface area contributed by atoms with E-state index in [2.05, 4.69) is 58.7 Å². The fourth-order valence-electron chi connectivity index (χ4n) is 1.48. The van der Waals surface area contributed by atoms with Crippen molar-refractivity contribution < 1.29 is 0 Å². The van der Waals surface area contributed by atoms with E-state index in [1.807, 2.05) is 6.92 Å². The van der Waals surface area contributed by atoms with Gasteiger partial charge < -0.3 is 4.90 Å². The molecule has 0 aromatic carbocycles. The van der Waals surface area contributed by atoms with Crippen LogP contribution in [0.15, 0.2) is 16.6 Å². The minimum atomic E-state index is 0.494. The summed E-state index contributed by atoms with van der Waals surface area (Å²) in [5.74, 6) is 1.06. The molecule has 0 aliphatic rings. The van der Waals surface area contributed by atoms with E-state index in [4.69, 9.17) is 0 Å². The standard InChI is InChI=1S/C11H17BrN2/c1-5-14(8(2)3)11-7-6-10(12)9(4)13-11/h6-8H,5H2,1-4H3. The molecule has 0 amide bonds. The molecule has 0 unspecified atom stereocenters. The molecule has 1 heterocycles. The first-order chi connectivity index (χ1) is 6.56. The van der Waals surface area contributed by atoms with Crippen LogP contribution in [0.5, 0.6) is 0 Å². The molecule has 0 N–H and O–H groups in total. The van der Waals surface area contributed by atoms with Crippen molar-refractivity contribution in [2.24, 2.45) is 0 Å². The van der Waals surface area contributed by atoms with Gasteiger partial charge in [-0.1, -0.05) is 0 Å². The van der Waals surface area contributed by atoms with Crippen molar-refractivity contribution in [1.82, 2.24) is 4.98 Å². The van der Waals surface area contributed by atoms with Gasteiger partial charge in [0.15, 0.2) is 0 Å². The van der Waals surface area contributed by atoms with Gasteiger partial charge in [0.05, 0.1) is 5.69 Å². The number of aromatic nitrogens is 1. The number of rotatable bonds is 3. The fraction of sp³-hybridized carbons (Fsp3) is 0.545. The Kier molecular flexibility index (Phi) is 3.93. The highest BCUT2D eigenvalue weighted by Crippen LogP contribution is 2.20. The summed E-state index contributed by atoms with van der Waals surface area (Å²) in [4.78, 5) is 6.82. The van der Waals surface area contributed by atoms with Crippen molar-refractivity contribution in [1.29, 1.82) is 0 Å². The quantitative estimate of drug-likeness (QED) is 0.825. The SMILES string of the molecule is CCN(c1ccc(Br)c(C)n1)C(C)C. The minimum absolute atomic E-state index is 0.494. The van der Waals surface area contributed by atoms with Crippen molar-refractivity contribution in [3.05, 3.63) is 22.3 Å². The molecule has 0 bridgehead atoms. The zero-order chi connectivity index (χ0) is 10.7. The molecule has 1 aromatic heterocycles. The summed E-state index contributed by atoms with van der Waals surface area (Å²) in [6.07, 6.45) is 0. The highest BCUT2D eigenvalue weighted by atomic mass is 79.9. The number of hydrogen-bond donors (Lipinski definition) is 0. The number of aryl methyl sites for hydroxylation is 1. The van der Waals surface area contributed by atoms with E-state index >= 15 is 0 Å². The van der Waals surface area contributed by atoms with Crippen LogP contribution in [0, 0.1) is 6.92 Å². The molecule has 0 aliphatic carbocycles. The molecule has 0 fully saturated rings. The summed E-state index contributed by atoms with van der Waals surface area (Å²) >= 11 is 3.46. The van der Waals surface area contributed by atoms with Gasteiger partial charge in [0.25, 0.3) is 0 Å². The normalized spacial score (nSPS) is 10.7. The molecular formula is C11H17BrN2. The molecule has 1 rings (SSSR count). The van der Waals surface area contributed by atoms with Crippen LogP contribution >= 0.6 is 15.9 Å². The third kappa shape index (κ3) is 2.47. The lowest BCUT2D eigenvalue weighted by atomic mass is 10.3. The molecule has 0 atom stereocenters. The molecule has 78 valence electrons. The van der Waals surface area contributed by atoms with Gasteiger partial charge in [0, 0.05) is 17.1 Å². The van der Waals surface area contributed by atoms with Gasteiger partial charge >= 0.3 is 0 Å². The molecule has 2 nitrogen and oxygen atoms in total. The minimum Gasteiger partial charge on any atom is -0.354 e. The molecule has 14 heavy (non-hydrogen) atoms. The highest BCUT2D eigenvalue weighted by molar-refractivity contribution is 9.10. The Hall–Kier alpha value is -0.570. The zero-order valence-electron chi connectivity index (χ0n) is 9.21. The Bertz CT molecular complexity index is 310. The predicted molar refractivity (Wildman–Crippen MR) is 64.8 cm³/mol. The first kappa shape index (κ1) is 11.5. The lowest BCUT2D eigenvalue weighted by Gasteiger charge is -2.26. The van der Waals surface area contributed by atoms with Gasteiger partial charge in [-0.05, 0) is 55.8 Å². The number of hydrogen-bond acceptors (Lipinski definition) is 2. The summed E-state index contributed by atoms with van der Waals surface area (Å²) < 4.78 is 1.07. The molecular weight excluding hydrogens is 240 g/mol. The van der Waals surface area contributed by atoms with Crippen LogP contribution in [0.3, 0.4) is 0 Å².